The van der Waals surface area contributed by atoms with Crippen LogP contribution in [0.4, 0.5) is 5.69 Å². The van der Waals surface area contributed by atoms with Gasteiger partial charge in [0.25, 0.3) is 0 Å². The van der Waals surface area contributed by atoms with Gasteiger partial charge in [0.1, 0.15) is 0 Å². The third-order valence-electron chi connectivity index (χ3n) is 2.23. The first-order valence-corrected chi connectivity index (χ1v) is 6.15. The molecule has 1 aromatic carbocycles. The van der Waals surface area contributed by atoms with Crippen LogP contribution < -0.4 is 11.5 Å². The van der Waals surface area contributed by atoms with Gasteiger partial charge in [-0.15, -0.1) is 11.8 Å². The van der Waals surface area contributed by atoms with Crippen molar-refractivity contribution in [3.63, 3.8) is 0 Å². The normalized spacial score (nSPS) is 12.4. The van der Waals surface area contributed by atoms with E-state index in [1.807, 2.05) is 24.5 Å². The highest BCUT2D eigenvalue weighted by Gasteiger charge is 2.09. The molecule has 88 valence electrons. The summed E-state index contributed by atoms with van der Waals surface area (Å²) in [5.74, 6) is -0.868. The van der Waals surface area contributed by atoms with Crippen molar-refractivity contribution in [2.24, 2.45) is 5.73 Å². The molecule has 0 spiro atoms. The third-order valence-corrected chi connectivity index (χ3v) is 3.03. The van der Waals surface area contributed by atoms with Crippen molar-refractivity contribution in [3.05, 3.63) is 23.8 Å². The number of nitrogens with two attached hydrogens (primary N) is 2. The molecule has 16 heavy (non-hydrogen) atoms. The Morgan fingerprint density at radius 2 is 2.25 bits per heavy atom. The molecule has 1 rings (SSSR count). The molecule has 0 heterocycles. The average Bonchev–Trinajstić information content (AvgIpc) is 2.19. The second-order valence-electron chi connectivity index (χ2n) is 3.64. The van der Waals surface area contributed by atoms with E-state index in [1.54, 1.807) is 11.8 Å². The van der Waals surface area contributed by atoms with Crippen LogP contribution in [0.15, 0.2) is 23.1 Å². The Morgan fingerprint density at radius 3 is 2.81 bits per heavy atom. The number of aliphatic carboxylic acids is 1. The Kier molecular flexibility index (Phi) is 4.64. The van der Waals surface area contributed by atoms with Crippen LogP contribution in [0.5, 0.6) is 0 Å². The van der Waals surface area contributed by atoms with Gasteiger partial charge in [0, 0.05) is 16.6 Å². The van der Waals surface area contributed by atoms with Crippen LogP contribution in [0, 0.1) is 0 Å². The van der Waals surface area contributed by atoms with Crippen molar-refractivity contribution in [2.45, 2.75) is 23.8 Å². The largest absolute Gasteiger partial charge is 0.481 e. The van der Waals surface area contributed by atoms with Crippen molar-refractivity contribution < 1.29 is 9.90 Å². The summed E-state index contributed by atoms with van der Waals surface area (Å²) in [7, 11) is 0. The smallest absolute Gasteiger partial charge is 0.304 e. The van der Waals surface area contributed by atoms with E-state index in [1.165, 1.54) is 0 Å². The number of carboxylic acid groups (broad SMARTS) is 1. The van der Waals surface area contributed by atoms with Gasteiger partial charge in [-0.2, -0.15) is 0 Å². The van der Waals surface area contributed by atoms with Crippen LogP contribution >= 0.6 is 11.8 Å². The molecule has 0 radical (unpaired) electrons. The highest BCUT2D eigenvalue weighted by molar-refractivity contribution is 7.98. The average molecular weight is 240 g/mol. The lowest BCUT2D eigenvalue weighted by Crippen LogP contribution is -2.26. The second kappa shape index (κ2) is 5.77. The van der Waals surface area contributed by atoms with Crippen LogP contribution in [-0.2, 0) is 11.2 Å². The first kappa shape index (κ1) is 12.9. The minimum Gasteiger partial charge on any atom is -0.481 e. The number of rotatable bonds is 5. The Bertz CT molecular complexity index is 382. The molecule has 1 aromatic rings. The van der Waals surface area contributed by atoms with E-state index in [0.717, 1.165) is 16.1 Å². The number of thioether (sulfide) groups is 1. The fraction of sp³-hybridized carbons (Fsp3) is 0.364. The SMILES string of the molecule is CSc1cc(CC(N)CC(=O)O)ccc1N. The lowest BCUT2D eigenvalue weighted by Gasteiger charge is -2.10. The molecule has 5 heteroatoms. The zero-order chi connectivity index (χ0) is 12.1. The summed E-state index contributed by atoms with van der Waals surface area (Å²) in [5, 5.41) is 8.60. The topological polar surface area (TPSA) is 89.3 Å². The van der Waals surface area contributed by atoms with Gasteiger partial charge in [0.15, 0.2) is 0 Å². The highest BCUT2D eigenvalue weighted by atomic mass is 32.2. The minimum absolute atomic E-state index is 0.0149. The summed E-state index contributed by atoms with van der Waals surface area (Å²) in [6, 6.07) is 5.32. The zero-order valence-corrected chi connectivity index (χ0v) is 9.96. The maximum Gasteiger partial charge on any atom is 0.304 e. The minimum atomic E-state index is -0.868. The third kappa shape index (κ3) is 3.75. The first-order valence-electron chi connectivity index (χ1n) is 4.92. The van der Waals surface area contributed by atoms with E-state index in [9.17, 15) is 4.79 Å². The highest BCUT2D eigenvalue weighted by Crippen LogP contribution is 2.24. The molecule has 1 atom stereocenters. The summed E-state index contributed by atoms with van der Waals surface area (Å²) >= 11 is 1.57. The van der Waals surface area contributed by atoms with Crippen molar-refractivity contribution in [2.75, 3.05) is 12.0 Å². The Morgan fingerprint density at radius 1 is 1.56 bits per heavy atom. The number of hydrogen-bond acceptors (Lipinski definition) is 4. The predicted octanol–water partition coefficient (Wildman–Crippen LogP) is 1.34. The number of carbonyl (C=O) groups is 1. The molecule has 4 nitrogen and oxygen atoms in total. The zero-order valence-electron chi connectivity index (χ0n) is 9.14. The van der Waals surface area contributed by atoms with Gasteiger partial charge in [0.2, 0.25) is 0 Å². The van der Waals surface area contributed by atoms with E-state index in [-0.39, 0.29) is 12.5 Å². The number of nitrogen functional groups attached to an aromatic ring is 1. The number of anilines is 1. The first-order chi connectivity index (χ1) is 7.52. The molecule has 0 aliphatic rings. The fourth-order valence-electron chi connectivity index (χ4n) is 1.48. The maximum atomic E-state index is 10.5. The lowest BCUT2D eigenvalue weighted by atomic mass is 10.0. The monoisotopic (exact) mass is 240 g/mol. The molecular formula is C11H16N2O2S. The van der Waals surface area contributed by atoms with Crippen LogP contribution in [0.2, 0.25) is 0 Å². The van der Waals surface area contributed by atoms with Gasteiger partial charge < -0.3 is 16.6 Å². The number of carboxylic acids is 1. The Balaban J connectivity index is 2.70. The summed E-state index contributed by atoms with van der Waals surface area (Å²) in [5.41, 5.74) is 13.2. The van der Waals surface area contributed by atoms with Crippen LogP contribution in [0.3, 0.4) is 0 Å². The Hall–Kier alpha value is -1.20. The molecular weight excluding hydrogens is 224 g/mol. The van der Waals surface area contributed by atoms with Gasteiger partial charge in [-0.3, -0.25) is 4.79 Å². The lowest BCUT2D eigenvalue weighted by molar-refractivity contribution is -0.137. The molecule has 0 aromatic heterocycles. The van der Waals surface area contributed by atoms with Gasteiger partial charge in [-0.1, -0.05) is 6.07 Å². The molecule has 0 saturated carbocycles. The van der Waals surface area contributed by atoms with Crippen molar-refractivity contribution >= 4 is 23.4 Å². The fourth-order valence-corrected chi connectivity index (χ4v) is 2.05. The van der Waals surface area contributed by atoms with Gasteiger partial charge in [-0.05, 0) is 30.4 Å². The summed E-state index contributed by atoms with van der Waals surface area (Å²) in [6.07, 6.45) is 2.49. The molecule has 0 aliphatic carbocycles. The number of hydrogen-bond donors (Lipinski definition) is 3. The summed E-state index contributed by atoms with van der Waals surface area (Å²) in [6.45, 7) is 0. The van der Waals surface area contributed by atoms with E-state index in [4.69, 9.17) is 16.6 Å². The molecule has 0 saturated heterocycles. The molecule has 1 unspecified atom stereocenters. The van der Waals surface area contributed by atoms with Crippen LogP contribution in [0.1, 0.15) is 12.0 Å². The van der Waals surface area contributed by atoms with Gasteiger partial charge >= 0.3 is 5.97 Å². The number of benzene rings is 1. The van der Waals surface area contributed by atoms with Gasteiger partial charge in [-0.25, -0.2) is 0 Å². The molecule has 0 amide bonds. The standard InChI is InChI=1S/C11H16N2O2S/c1-16-10-5-7(2-3-9(10)13)4-8(12)6-11(14)15/h2-3,5,8H,4,6,12-13H2,1H3,(H,14,15). The molecule has 0 fully saturated rings. The summed E-state index contributed by atoms with van der Waals surface area (Å²) in [4.78, 5) is 11.5. The van der Waals surface area contributed by atoms with E-state index in [2.05, 4.69) is 0 Å². The predicted molar refractivity (Wildman–Crippen MR) is 66.6 cm³/mol. The van der Waals surface area contributed by atoms with Crippen molar-refractivity contribution in [3.8, 4) is 0 Å². The van der Waals surface area contributed by atoms with E-state index >= 15 is 0 Å². The molecule has 0 bridgehead atoms. The second-order valence-corrected chi connectivity index (χ2v) is 4.49. The van der Waals surface area contributed by atoms with Crippen LogP contribution in [0.25, 0.3) is 0 Å². The van der Waals surface area contributed by atoms with Gasteiger partial charge in [0.05, 0.1) is 6.42 Å². The summed E-state index contributed by atoms with van der Waals surface area (Å²) < 4.78 is 0. The quantitative estimate of drug-likeness (QED) is 0.534. The van der Waals surface area contributed by atoms with Crippen molar-refractivity contribution in [1.82, 2.24) is 0 Å². The molecule has 5 N–H and O–H groups in total. The molecule has 0 aliphatic heterocycles. The van der Waals surface area contributed by atoms with E-state index < -0.39 is 5.97 Å². The van der Waals surface area contributed by atoms with E-state index in [0.29, 0.717) is 6.42 Å². The van der Waals surface area contributed by atoms with Crippen molar-refractivity contribution in [1.29, 1.82) is 0 Å². The Labute approximate surface area is 99.0 Å². The maximum absolute atomic E-state index is 10.5. The van der Waals surface area contributed by atoms with Crippen LogP contribution in [-0.4, -0.2) is 23.4 Å².